The molecular formula is C9H13N3O2S2. The fourth-order valence-electron chi connectivity index (χ4n) is 1.19. The lowest BCUT2D eigenvalue weighted by Gasteiger charge is -1.99. The number of aromatic nitrogens is 2. The van der Waals surface area contributed by atoms with Crippen LogP contribution in [0.4, 0.5) is 0 Å². The average molecular weight is 259 g/mol. The van der Waals surface area contributed by atoms with Gasteiger partial charge in [0.05, 0.1) is 5.75 Å². The summed E-state index contributed by atoms with van der Waals surface area (Å²) in [6, 6.07) is 1.78. The van der Waals surface area contributed by atoms with Gasteiger partial charge < -0.3 is 0 Å². The van der Waals surface area contributed by atoms with E-state index in [0.717, 1.165) is 30.6 Å². The Bertz CT molecular complexity index is 473. The average Bonchev–Trinajstić information content (AvgIpc) is 2.73. The lowest BCUT2D eigenvalue weighted by molar-refractivity contribution is 0.587. The topological polar surface area (TPSA) is 83.7 Å². The van der Waals surface area contributed by atoms with Crippen molar-refractivity contribution < 1.29 is 8.42 Å². The minimum Gasteiger partial charge on any atom is -0.221 e. The maximum absolute atomic E-state index is 11.7. The zero-order valence-electron chi connectivity index (χ0n) is 9.01. The molecule has 0 bridgehead atoms. The number of hydrogen-bond acceptors (Lipinski definition) is 6. The molecule has 88 valence electrons. The SMILES string of the molecule is CCCCCCS(=O)(=O)c1nnc(C#N)s1. The first kappa shape index (κ1) is 13.1. The Morgan fingerprint density at radius 3 is 2.62 bits per heavy atom. The lowest BCUT2D eigenvalue weighted by Crippen LogP contribution is -2.06. The standard InChI is InChI=1S/C9H13N3O2S2/c1-2-3-4-5-6-16(13,14)9-12-11-8(7-10)15-9/h2-6H2,1H3. The number of hydrogen-bond donors (Lipinski definition) is 0. The van der Waals surface area contributed by atoms with Crippen LogP contribution in [-0.2, 0) is 9.84 Å². The van der Waals surface area contributed by atoms with E-state index in [9.17, 15) is 8.42 Å². The molecule has 0 aliphatic rings. The highest BCUT2D eigenvalue weighted by molar-refractivity contribution is 7.93. The minimum absolute atomic E-state index is 0.0412. The third kappa shape index (κ3) is 3.54. The third-order valence-electron chi connectivity index (χ3n) is 2.03. The van der Waals surface area contributed by atoms with Crippen molar-refractivity contribution in [2.24, 2.45) is 0 Å². The molecule has 7 heteroatoms. The van der Waals surface area contributed by atoms with Gasteiger partial charge in [-0.1, -0.05) is 37.5 Å². The van der Waals surface area contributed by atoms with Crippen LogP contribution in [0.1, 0.15) is 37.6 Å². The first-order chi connectivity index (χ1) is 7.60. The van der Waals surface area contributed by atoms with E-state index in [1.54, 1.807) is 6.07 Å². The van der Waals surface area contributed by atoms with Crippen molar-refractivity contribution in [2.45, 2.75) is 36.9 Å². The summed E-state index contributed by atoms with van der Waals surface area (Å²) in [4.78, 5) is 0. The van der Waals surface area contributed by atoms with Crippen LogP contribution in [0.5, 0.6) is 0 Å². The fourth-order valence-corrected chi connectivity index (χ4v) is 3.48. The molecule has 0 saturated carbocycles. The van der Waals surface area contributed by atoms with Crippen LogP contribution in [0, 0.1) is 11.3 Å². The van der Waals surface area contributed by atoms with Crippen LogP contribution < -0.4 is 0 Å². The zero-order chi connectivity index (χ0) is 12.0. The Morgan fingerprint density at radius 2 is 2.06 bits per heavy atom. The highest BCUT2D eigenvalue weighted by Gasteiger charge is 2.19. The number of nitrogens with zero attached hydrogens (tertiary/aromatic N) is 3. The predicted molar refractivity (Wildman–Crippen MR) is 60.8 cm³/mol. The molecule has 0 atom stereocenters. The van der Waals surface area contributed by atoms with Gasteiger partial charge in [-0.2, -0.15) is 5.26 Å². The fraction of sp³-hybridized carbons (Fsp3) is 0.667. The van der Waals surface area contributed by atoms with E-state index in [1.807, 2.05) is 0 Å². The minimum atomic E-state index is -3.34. The van der Waals surface area contributed by atoms with Gasteiger partial charge in [0.15, 0.2) is 0 Å². The molecule has 16 heavy (non-hydrogen) atoms. The van der Waals surface area contributed by atoms with E-state index in [2.05, 4.69) is 17.1 Å². The first-order valence-corrected chi connectivity index (χ1v) is 7.53. The Balaban J connectivity index is 2.61. The van der Waals surface area contributed by atoms with Crippen molar-refractivity contribution in [1.29, 1.82) is 5.26 Å². The van der Waals surface area contributed by atoms with Crippen molar-refractivity contribution in [2.75, 3.05) is 5.75 Å². The normalized spacial score (nSPS) is 11.2. The van der Waals surface area contributed by atoms with Gasteiger partial charge in [0.25, 0.3) is 0 Å². The van der Waals surface area contributed by atoms with Crippen LogP contribution in [0.2, 0.25) is 0 Å². The Kier molecular flexibility index (Phi) is 4.83. The summed E-state index contributed by atoms with van der Waals surface area (Å²) < 4.78 is 23.4. The maximum Gasteiger partial charge on any atom is 0.233 e. The van der Waals surface area contributed by atoms with Crippen molar-refractivity contribution in [3.05, 3.63) is 5.01 Å². The molecule has 0 radical (unpaired) electrons. The molecule has 0 N–H and O–H groups in total. The Labute approximate surface area is 99.1 Å². The van der Waals surface area contributed by atoms with Crippen molar-refractivity contribution in [1.82, 2.24) is 10.2 Å². The molecule has 1 aromatic rings. The van der Waals surface area contributed by atoms with E-state index in [4.69, 9.17) is 5.26 Å². The summed E-state index contributed by atoms with van der Waals surface area (Å²) in [7, 11) is -3.34. The van der Waals surface area contributed by atoms with Gasteiger partial charge in [0, 0.05) is 0 Å². The molecule has 0 amide bonds. The molecule has 0 aliphatic heterocycles. The van der Waals surface area contributed by atoms with E-state index in [1.165, 1.54) is 0 Å². The summed E-state index contributed by atoms with van der Waals surface area (Å²) >= 11 is 0.832. The molecule has 0 aliphatic carbocycles. The van der Waals surface area contributed by atoms with E-state index in [0.29, 0.717) is 6.42 Å². The Morgan fingerprint density at radius 1 is 1.31 bits per heavy atom. The molecule has 5 nitrogen and oxygen atoms in total. The van der Waals surface area contributed by atoms with Crippen LogP contribution >= 0.6 is 11.3 Å². The van der Waals surface area contributed by atoms with Gasteiger partial charge in [0.2, 0.25) is 19.2 Å². The van der Waals surface area contributed by atoms with E-state index < -0.39 is 9.84 Å². The largest absolute Gasteiger partial charge is 0.233 e. The van der Waals surface area contributed by atoms with E-state index in [-0.39, 0.29) is 15.1 Å². The van der Waals surface area contributed by atoms with Crippen LogP contribution in [-0.4, -0.2) is 24.4 Å². The number of sulfone groups is 1. The molecule has 0 unspecified atom stereocenters. The van der Waals surface area contributed by atoms with Crippen molar-refractivity contribution >= 4 is 21.2 Å². The van der Waals surface area contributed by atoms with Crippen molar-refractivity contribution in [3.8, 4) is 6.07 Å². The monoisotopic (exact) mass is 259 g/mol. The van der Waals surface area contributed by atoms with Gasteiger partial charge in [0.1, 0.15) is 6.07 Å². The highest BCUT2D eigenvalue weighted by atomic mass is 32.2. The molecular weight excluding hydrogens is 246 g/mol. The van der Waals surface area contributed by atoms with Gasteiger partial charge in [-0.05, 0) is 6.42 Å². The third-order valence-corrected chi connectivity index (χ3v) is 5.11. The summed E-state index contributed by atoms with van der Waals surface area (Å²) in [6.45, 7) is 2.07. The summed E-state index contributed by atoms with van der Waals surface area (Å²) in [5, 5.41) is 15.6. The van der Waals surface area contributed by atoms with Gasteiger partial charge in [-0.25, -0.2) is 8.42 Å². The molecule has 0 saturated heterocycles. The van der Waals surface area contributed by atoms with Crippen LogP contribution in [0.15, 0.2) is 4.34 Å². The zero-order valence-corrected chi connectivity index (χ0v) is 10.6. The summed E-state index contributed by atoms with van der Waals surface area (Å²) in [6.07, 6.45) is 3.64. The second-order valence-corrected chi connectivity index (χ2v) is 6.62. The molecule has 1 heterocycles. The molecule has 0 fully saturated rings. The van der Waals surface area contributed by atoms with Gasteiger partial charge >= 0.3 is 0 Å². The van der Waals surface area contributed by atoms with Crippen LogP contribution in [0.3, 0.4) is 0 Å². The van der Waals surface area contributed by atoms with Gasteiger partial charge in [-0.15, -0.1) is 10.2 Å². The Hall–Kier alpha value is -1.00. The molecule has 1 aromatic heterocycles. The van der Waals surface area contributed by atoms with Crippen molar-refractivity contribution in [3.63, 3.8) is 0 Å². The van der Waals surface area contributed by atoms with Gasteiger partial charge in [-0.3, -0.25) is 0 Å². The smallest absolute Gasteiger partial charge is 0.221 e. The molecule has 1 rings (SSSR count). The quantitative estimate of drug-likeness (QED) is 0.727. The maximum atomic E-state index is 11.7. The van der Waals surface area contributed by atoms with E-state index >= 15 is 0 Å². The van der Waals surface area contributed by atoms with Crippen LogP contribution in [0.25, 0.3) is 0 Å². The number of nitriles is 1. The summed E-state index contributed by atoms with van der Waals surface area (Å²) in [5.41, 5.74) is 0. The second-order valence-electron chi connectivity index (χ2n) is 3.36. The number of rotatable bonds is 6. The lowest BCUT2D eigenvalue weighted by atomic mass is 10.2. The molecule has 0 aromatic carbocycles. The second kappa shape index (κ2) is 5.92. The predicted octanol–water partition coefficient (Wildman–Crippen LogP) is 1.76. The number of unbranched alkanes of at least 4 members (excludes halogenated alkanes) is 3. The highest BCUT2D eigenvalue weighted by Crippen LogP contribution is 2.17. The first-order valence-electron chi connectivity index (χ1n) is 5.06. The summed E-state index contributed by atoms with van der Waals surface area (Å²) in [5.74, 6) is 0.0903. The molecule has 0 spiro atoms.